The fraction of sp³-hybridized carbons (Fsp3) is 0.462. The van der Waals surface area contributed by atoms with E-state index in [2.05, 4.69) is 5.32 Å². The van der Waals surface area contributed by atoms with Gasteiger partial charge in [0.1, 0.15) is 0 Å². The summed E-state index contributed by atoms with van der Waals surface area (Å²) in [6.45, 7) is 1.28. The fourth-order valence-corrected chi connectivity index (χ4v) is 1.56. The average Bonchev–Trinajstić information content (AvgIpc) is 2.35. The fourth-order valence-electron chi connectivity index (χ4n) is 1.56. The second-order valence-corrected chi connectivity index (χ2v) is 4.52. The number of nitrogens with one attached hydrogen (secondary N) is 1. The monoisotopic (exact) mass is 274 g/mol. The molecule has 1 amide bonds. The molecule has 0 heterocycles. The van der Waals surface area contributed by atoms with E-state index >= 15 is 0 Å². The zero-order valence-corrected chi connectivity index (χ0v) is 11.0. The van der Waals surface area contributed by atoms with Gasteiger partial charge in [0, 0.05) is 12.1 Å². The van der Waals surface area contributed by atoms with E-state index in [4.69, 9.17) is 0 Å². The van der Waals surface area contributed by atoms with Gasteiger partial charge in [0.25, 0.3) is 0 Å². The maximum atomic E-state index is 13.3. The highest BCUT2D eigenvalue weighted by Gasteiger charge is 2.15. The van der Waals surface area contributed by atoms with Gasteiger partial charge in [0.05, 0.1) is 6.42 Å². The number of nitrogens with zero attached hydrogens (tertiary/aromatic N) is 1. The molecule has 19 heavy (non-hydrogen) atoms. The third-order valence-electron chi connectivity index (χ3n) is 2.57. The molecule has 3 nitrogen and oxygen atoms in total. The molecule has 0 aromatic heterocycles. The van der Waals surface area contributed by atoms with Crippen molar-refractivity contribution in [2.75, 3.05) is 27.2 Å². The van der Waals surface area contributed by atoms with Crippen molar-refractivity contribution in [1.29, 1.82) is 0 Å². The number of benzene rings is 1. The van der Waals surface area contributed by atoms with E-state index in [0.29, 0.717) is 6.54 Å². The zero-order valence-electron chi connectivity index (χ0n) is 11.0. The molecule has 0 bridgehead atoms. The van der Waals surface area contributed by atoms with E-state index in [-0.39, 0.29) is 12.0 Å². The number of hydrogen-bond acceptors (Lipinski definition) is 2. The van der Waals surface area contributed by atoms with Crippen LogP contribution in [0.25, 0.3) is 0 Å². The second-order valence-electron chi connectivity index (χ2n) is 4.52. The molecule has 1 aromatic rings. The number of rotatable bonds is 6. The van der Waals surface area contributed by atoms with Crippen LogP contribution in [-0.2, 0) is 11.2 Å². The highest BCUT2D eigenvalue weighted by atomic mass is 19.2. The van der Waals surface area contributed by atoms with Gasteiger partial charge in [-0.05, 0) is 33.1 Å². The topological polar surface area (TPSA) is 32.3 Å². The van der Waals surface area contributed by atoms with Crippen LogP contribution in [0.1, 0.15) is 12.0 Å². The summed E-state index contributed by atoms with van der Waals surface area (Å²) >= 11 is 0. The highest BCUT2D eigenvalue weighted by molar-refractivity contribution is 5.78. The minimum absolute atomic E-state index is 0.149. The molecule has 0 aliphatic carbocycles. The summed E-state index contributed by atoms with van der Waals surface area (Å²) in [6.07, 6.45) is 0.462. The van der Waals surface area contributed by atoms with Crippen molar-refractivity contribution in [3.63, 3.8) is 0 Å². The van der Waals surface area contributed by atoms with E-state index in [0.717, 1.165) is 25.1 Å². The largest absolute Gasteiger partial charge is 0.356 e. The predicted molar refractivity (Wildman–Crippen MR) is 66.2 cm³/mol. The minimum Gasteiger partial charge on any atom is -0.356 e. The summed E-state index contributed by atoms with van der Waals surface area (Å²) in [6, 6.07) is 1.89. The third-order valence-corrected chi connectivity index (χ3v) is 2.57. The molecule has 0 fully saturated rings. The molecule has 0 aliphatic heterocycles. The molecule has 1 rings (SSSR count). The van der Waals surface area contributed by atoms with Crippen molar-refractivity contribution < 1.29 is 18.0 Å². The van der Waals surface area contributed by atoms with Crippen molar-refractivity contribution in [2.24, 2.45) is 0 Å². The van der Waals surface area contributed by atoms with Crippen molar-refractivity contribution in [2.45, 2.75) is 12.8 Å². The van der Waals surface area contributed by atoms with Gasteiger partial charge in [-0.3, -0.25) is 4.79 Å². The lowest BCUT2D eigenvalue weighted by Crippen LogP contribution is -2.28. The van der Waals surface area contributed by atoms with Crippen molar-refractivity contribution in [3.05, 3.63) is 35.1 Å². The van der Waals surface area contributed by atoms with Gasteiger partial charge in [0.2, 0.25) is 5.91 Å². The molecule has 0 unspecified atom stereocenters. The summed E-state index contributed by atoms with van der Waals surface area (Å²) in [7, 11) is 3.83. The summed E-state index contributed by atoms with van der Waals surface area (Å²) in [4.78, 5) is 13.5. The van der Waals surface area contributed by atoms with Crippen LogP contribution < -0.4 is 5.32 Å². The molecule has 1 N–H and O–H groups in total. The second kappa shape index (κ2) is 7.13. The van der Waals surface area contributed by atoms with E-state index < -0.39 is 23.4 Å². The van der Waals surface area contributed by atoms with Crippen LogP contribution in [-0.4, -0.2) is 38.0 Å². The van der Waals surface area contributed by atoms with E-state index in [1.165, 1.54) is 0 Å². The first kappa shape index (κ1) is 15.5. The van der Waals surface area contributed by atoms with Crippen LogP contribution in [0.15, 0.2) is 12.1 Å². The quantitative estimate of drug-likeness (QED) is 0.633. The third kappa shape index (κ3) is 4.90. The van der Waals surface area contributed by atoms with Gasteiger partial charge in [0.15, 0.2) is 17.5 Å². The Balaban J connectivity index is 2.47. The van der Waals surface area contributed by atoms with E-state index in [9.17, 15) is 18.0 Å². The molecule has 0 radical (unpaired) electrons. The van der Waals surface area contributed by atoms with Crippen molar-refractivity contribution in [3.8, 4) is 0 Å². The molecule has 0 saturated heterocycles. The molecular formula is C13H17F3N2O. The molecule has 0 aliphatic rings. The van der Waals surface area contributed by atoms with Crippen LogP contribution >= 0.6 is 0 Å². The average molecular weight is 274 g/mol. The van der Waals surface area contributed by atoms with Gasteiger partial charge in [-0.25, -0.2) is 13.2 Å². The lowest BCUT2D eigenvalue weighted by molar-refractivity contribution is -0.120. The molecule has 1 aromatic carbocycles. The molecular weight excluding hydrogens is 257 g/mol. The number of carbonyl (C=O) groups is 1. The first-order valence-electron chi connectivity index (χ1n) is 5.95. The Hall–Kier alpha value is -1.56. The van der Waals surface area contributed by atoms with Gasteiger partial charge in [-0.15, -0.1) is 0 Å². The first-order valence-corrected chi connectivity index (χ1v) is 5.95. The molecule has 0 spiro atoms. The number of hydrogen-bond donors (Lipinski definition) is 1. The number of amides is 1. The number of halogens is 3. The highest BCUT2D eigenvalue weighted by Crippen LogP contribution is 2.15. The van der Waals surface area contributed by atoms with Crippen LogP contribution in [0.5, 0.6) is 0 Å². The van der Waals surface area contributed by atoms with Gasteiger partial charge in [-0.1, -0.05) is 6.07 Å². The van der Waals surface area contributed by atoms with Crippen LogP contribution in [0.2, 0.25) is 0 Å². The summed E-state index contributed by atoms with van der Waals surface area (Å²) in [5.74, 6) is -4.52. The number of carbonyl (C=O) groups excluding carboxylic acids is 1. The normalized spacial score (nSPS) is 10.8. The zero-order chi connectivity index (χ0) is 14.4. The molecule has 0 saturated carbocycles. The Morgan fingerprint density at radius 3 is 2.53 bits per heavy atom. The molecule has 6 heteroatoms. The van der Waals surface area contributed by atoms with E-state index in [1.54, 1.807) is 0 Å². The van der Waals surface area contributed by atoms with Crippen molar-refractivity contribution in [1.82, 2.24) is 10.2 Å². The maximum absolute atomic E-state index is 13.3. The molecule has 106 valence electrons. The van der Waals surface area contributed by atoms with Crippen LogP contribution in [0, 0.1) is 17.5 Å². The minimum atomic E-state index is -1.54. The van der Waals surface area contributed by atoms with Crippen LogP contribution in [0.4, 0.5) is 13.2 Å². The Kier molecular flexibility index (Phi) is 5.82. The standard InChI is InChI=1S/C13H17F3N2O/c1-18(2)7-3-6-17-11(19)8-9-4-5-10(14)13(16)12(9)15/h4-5H,3,6-8H2,1-2H3,(H,17,19). The van der Waals surface area contributed by atoms with Gasteiger partial charge < -0.3 is 10.2 Å². The summed E-state index contributed by atoms with van der Waals surface area (Å²) in [5, 5.41) is 2.60. The maximum Gasteiger partial charge on any atom is 0.224 e. The Labute approximate surface area is 110 Å². The van der Waals surface area contributed by atoms with Gasteiger partial charge in [-0.2, -0.15) is 0 Å². The van der Waals surface area contributed by atoms with Gasteiger partial charge >= 0.3 is 0 Å². The Morgan fingerprint density at radius 2 is 1.89 bits per heavy atom. The lowest BCUT2D eigenvalue weighted by Gasteiger charge is -2.10. The van der Waals surface area contributed by atoms with E-state index in [1.807, 2.05) is 19.0 Å². The lowest BCUT2D eigenvalue weighted by atomic mass is 10.1. The Bertz CT molecular complexity index is 450. The summed E-state index contributed by atoms with van der Waals surface area (Å²) < 4.78 is 39.0. The Morgan fingerprint density at radius 1 is 1.21 bits per heavy atom. The van der Waals surface area contributed by atoms with Crippen molar-refractivity contribution >= 4 is 5.91 Å². The van der Waals surface area contributed by atoms with Crippen LogP contribution in [0.3, 0.4) is 0 Å². The predicted octanol–water partition coefficient (Wildman–Crippen LogP) is 1.71. The molecule has 0 atom stereocenters. The first-order chi connectivity index (χ1) is 8.91. The smallest absolute Gasteiger partial charge is 0.224 e. The summed E-state index contributed by atoms with van der Waals surface area (Å²) in [5.41, 5.74) is -0.149. The SMILES string of the molecule is CN(C)CCCNC(=O)Cc1ccc(F)c(F)c1F.